The third-order valence-electron chi connectivity index (χ3n) is 6.20. The molecular weight excluding hydrogens is 561 g/mol. The summed E-state index contributed by atoms with van der Waals surface area (Å²) in [6.07, 6.45) is 1.10. The largest absolute Gasteiger partial charge is 0.473 e. The van der Waals surface area contributed by atoms with Crippen molar-refractivity contribution in [2.45, 2.75) is 33.3 Å². The lowest BCUT2D eigenvalue weighted by Crippen LogP contribution is -2.08. The van der Waals surface area contributed by atoms with E-state index in [-0.39, 0.29) is 58.0 Å². The molecule has 0 unspecified atom stereocenters. The third-order valence-corrected chi connectivity index (χ3v) is 6.43. The number of aromatic amines is 1. The van der Waals surface area contributed by atoms with Gasteiger partial charge in [-0.1, -0.05) is 37.6 Å². The van der Waals surface area contributed by atoms with Crippen molar-refractivity contribution in [3.63, 3.8) is 0 Å². The zero-order chi connectivity index (χ0) is 29.6. The number of benzene rings is 2. The zero-order valence-electron chi connectivity index (χ0n) is 22.6. The Morgan fingerprint density at radius 2 is 1.83 bits per heavy atom. The molecule has 0 saturated carbocycles. The molecule has 3 heterocycles. The summed E-state index contributed by atoms with van der Waals surface area (Å²) in [5.74, 6) is -2.66. The Balaban J connectivity index is 0.000000483. The maximum absolute atomic E-state index is 14.8. The Morgan fingerprint density at radius 3 is 2.49 bits per heavy atom. The van der Waals surface area contributed by atoms with Crippen LogP contribution in [-0.2, 0) is 22.5 Å². The molecule has 1 saturated heterocycles. The second-order valence-electron chi connectivity index (χ2n) is 10.0. The van der Waals surface area contributed by atoms with Crippen molar-refractivity contribution in [1.82, 2.24) is 20.2 Å². The maximum Gasteiger partial charge on any atom is 0.377 e. The lowest BCUT2D eigenvalue weighted by atomic mass is 9.94. The van der Waals surface area contributed by atoms with E-state index >= 15 is 0 Å². The van der Waals surface area contributed by atoms with Crippen LogP contribution in [-0.4, -0.2) is 46.5 Å². The van der Waals surface area contributed by atoms with Crippen LogP contribution in [0.4, 0.5) is 13.2 Å². The van der Waals surface area contributed by atoms with Gasteiger partial charge in [-0.15, -0.1) is 5.10 Å². The zero-order valence-corrected chi connectivity index (χ0v) is 23.4. The Morgan fingerprint density at radius 1 is 1.05 bits per heavy atom. The van der Waals surface area contributed by atoms with E-state index in [1.54, 1.807) is 6.07 Å². The smallest absolute Gasteiger partial charge is 0.377 e. The van der Waals surface area contributed by atoms with Crippen molar-refractivity contribution in [3.05, 3.63) is 93.8 Å². The van der Waals surface area contributed by atoms with Gasteiger partial charge < -0.3 is 14.2 Å². The SMILES string of the molecule is CC1(C)CCOC1.COC(=O)c1n[nH]c(Cc2cc(F)c(-c3cccc(OCc4ccc(Cl)cc4F)n3)cc2F)n1. The van der Waals surface area contributed by atoms with Crippen LogP contribution in [0.25, 0.3) is 11.3 Å². The molecule has 216 valence electrons. The van der Waals surface area contributed by atoms with Crippen LogP contribution in [0.3, 0.4) is 0 Å². The van der Waals surface area contributed by atoms with Crippen molar-refractivity contribution in [2.24, 2.45) is 5.41 Å². The number of pyridine rings is 1. The topological polar surface area (TPSA) is 99.2 Å². The Hall–Kier alpha value is -3.96. The van der Waals surface area contributed by atoms with Crippen LogP contribution in [0.2, 0.25) is 5.02 Å². The van der Waals surface area contributed by atoms with E-state index in [1.165, 1.54) is 43.9 Å². The molecule has 1 aliphatic heterocycles. The number of hydrogen-bond donors (Lipinski definition) is 1. The van der Waals surface area contributed by atoms with E-state index in [2.05, 4.69) is 38.7 Å². The second kappa shape index (κ2) is 13.1. The molecule has 5 rings (SSSR count). The lowest BCUT2D eigenvalue weighted by molar-refractivity contribution is 0.0587. The minimum Gasteiger partial charge on any atom is -0.473 e. The number of carbonyl (C=O) groups excluding carboxylic acids is 1. The minimum absolute atomic E-state index is 0.000524. The summed E-state index contributed by atoms with van der Waals surface area (Å²) in [6, 6.07) is 10.8. The third kappa shape index (κ3) is 8.05. The van der Waals surface area contributed by atoms with Gasteiger partial charge in [-0.3, -0.25) is 5.10 Å². The molecule has 0 radical (unpaired) electrons. The quantitative estimate of drug-likeness (QED) is 0.252. The highest BCUT2D eigenvalue weighted by atomic mass is 35.5. The maximum atomic E-state index is 14.8. The fourth-order valence-corrected chi connectivity index (χ4v) is 4.02. The van der Waals surface area contributed by atoms with Crippen LogP contribution in [0.1, 0.15) is 47.8 Å². The highest BCUT2D eigenvalue weighted by molar-refractivity contribution is 6.30. The molecule has 0 atom stereocenters. The number of methoxy groups -OCH3 is 1. The van der Waals surface area contributed by atoms with E-state index in [1.807, 2.05) is 0 Å². The van der Waals surface area contributed by atoms with Gasteiger partial charge in [0.2, 0.25) is 5.88 Å². The van der Waals surface area contributed by atoms with E-state index in [9.17, 15) is 18.0 Å². The number of carbonyl (C=O) groups is 1. The highest BCUT2D eigenvalue weighted by Crippen LogP contribution is 2.27. The first-order chi connectivity index (χ1) is 19.5. The monoisotopic (exact) mass is 588 g/mol. The first-order valence-electron chi connectivity index (χ1n) is 12.6. The van der Waals surface area contributed by atoms with E-state index in [0.717, 1.165) is 25.3 Å². The number of aromatic nitrogens is 4. The van der Waals surface area contributed by atoms with E-state index in [4.69, 9.17) is 21.1 Å². The fourth-order valence-electron chi connectivity index (χ4n) is 3.86. The molecule has 4 aromatic rings. The molecule has 1 aliphatic rings. The van der Waals surface area contributed by atoms with Gasteiger partial charge in [-0.25, -0.2) is 27.9 Å². The number of ether oxygens (including phenoxy) is 3. The van der Waals surface area contributed by atoms with Gasteiger partial charge in [0.25, 0.3) is 5.82 Å². The first-order valence-corrected chi connectivity index (χ1v) is 13.0. The first kappa shape index (κ1) is 30.0. The van der Waals surface area contributed by atoms with Crippen molar-refractivity contribution < 1.29 is 32.2 Å². The predicted molar refractivity (Wildman–Crippen MR) is 145 cm³/mol. The molecule has 2 aromatic carbocycles. The van der Waals surface area contributed by atoms with E-state index < -0.39 is 23.4 Å². The summed E-state index contributed by atoms with van der Waals surface area (Å²) < 4.78 is 58.7. The van der Waals surface area contributed by atoms with Gasteiger partial charge in [0, 0.05) is 35.2 Å². The molecule has 1 N–H and O–H groups in total. The Labute approximate surface area is 239 Å². The minimum atomic E-state index is -0.753. The van der Waals surface area contributed by atoms with Crippen molar-refractivity contribution in [2.75, 3.05) is 20.3 Å². The van der Waals surface area contributed by atoms with Gasteiger partial charge >= 0.3 is 5.97 Å². The standard InChI is InChI=1S/C23H16ClF3N4O3.C6H12O/c1-33-23(32)22-29-20(30-31-22)8-13-7-18(27)15(10-17(13)26)19-3-2-4-21(28-19)34-11-12-5-6-14(24)9-16(12)25;1-6(2)3-4-7-5-6/h2-7,9-10H,8,11H2,1H3,(H,29,30,31);3-5H2,1-2H3. The molecule has 8 nitrogen and oxygen atoms in total. The Bertz CT molecular complexity index is 1520. The Kier molecular flexibility index (Phi) is 9.61. The summed E-state index contributed by atoms with van der Waals surface area (Å²) in [7, 11) is 1.18. The average molecular weight is 589 g/mol. The van der Waals surface area contributed by atoms with Crippen LogP contribution in [0.5, 0.6) is 5.88 Å². The van der Waals surface area contributed by atoms with Crippen LogP contribution >= 0.6 is 11.6 Å². The van der Waals surface area contributed by atoms with Crippen LogP contribution in [0.15, 0.2) is 48.5 Å². The molecule has 0 spiro atoms. The van der Waals surface area contributed by atoms with Gasteiger partial charge in [0.1, 0.15) is 29.9 Å². The summed E-state index contributed by atoms with van der Waals surface area (Å²) in [5.41, 5.74) is 0.780. The number of H-pyrrole nitrogens is 1. The van der Waals surface area contributed by atoms with Crippen LogP contribution < -0.4 is 4.74 Å². The van der Waals surface area contributed by atoms with Gasteiger partial charge in [-0.2, -0.15) is 0 Å². The number of esters is 1. The number of rotatable bonds is 7. The van der Waals surface area contributed by atoms with Gasteiger partial charge in [-0.05, 0) is 47.7 Å². The molecule has 2 aromatic heterocycles. The number of hydrogen-bond acceptors (Lipinski definition) is 7. The molecule has 0 amide bonds. The second-order valence-corrected chi connectivity index (χ2v) is 10.5. The molecule has 41 heavy (non-hydrogen) atoms. The number of nitrogens with one attached hydrogen (secondary N) is 1. The number of halogens is 4. The normalized spacial score (nSPS) is 13.8. The van der Waals surface area contributed by atoms with E-state index in [0.29, 0.717) is 5.41 Å². The molecular formula is C29H28ClF3N4O4. The molecule has 12 heteroatoms. The fraction of sp³-hybridized carbons (Fsp3) is 0.310. The highest BCUT2D eigenvalue weighted by Gasteiger charge is 2.23. The lowest BCUT2D eigenvalue weighted by Gasteiger charge is -2.11. The van der Waals surface area contributed by atoms with Crippen molar-refractivity contribution in [1.29, 1.82) is 0 Å². The summed E-state index contributed by atoms with van der Waals surface area (Å²) in [5, 5.41) is 6.43. The average Bonchev–Trinajstić information content (AvgIpc) is 3.58. The summed E-state index contributed by atoms with van der Waals surface area (Å²) in [6.45, 7) is 6.26. The molecule has 0 bridgehead atoms. The number of nitrogens with zero attached hydrogens (tertiary/aromatic N) is 3. The van der Waals surface area contributed by atoms with Gasteiger partial charge in [0.15, 0.2) is 0 Å². The van der Waals surface area contributed by atoms with Crippen molar-refractivity contribution in [3.8, 4) is 17.1 Å². The van der Waals surface area contributed by atoms with Gasteiger partial charge in [0.05, 0.1) is 19.4 Å². The summed E-state index contributed by atoms with van der Waals surface area (Å²) >= 11 is 5.74. The van der Waals surface area contributed by atoms with Crippen molar-refractivity contribution >= 4 is 17.6 Å². The molecule has 1 fully saturated rings. The summed E-state index contributed by atoms with van der Waals surface area (Å²) in [4.78, 5) is 19.5. The predicted octanol–water partition coefficient (Wildman–Crippen LogP) is 6.33. The van der Waals surface area contributed by atoms with Crippen LogP contribution in [0, 0.1) is 22.9 Å². The molecule has 0 aliphatic carbocycles.